The molecule has 0 saturated heterocycles. The summed E-state index contributed by atoms with van der Waals surface area (Å²) in [6, 6.07) is 8.04. The first kappa shape index (κ1) is 23.8. The number of aromatic nitrogens is 4. The topological polar surface area (TPSA) is 76.4 Å². The summed E-state index contributed by atoms with van der Waals surface area (Å²) in [5, 5.41) is 6.17. The molecular formula is C26H29ClN6O2S. The molecule has 8 nitrogen and oxygen atoms in total. The van der Waals surface area contributed by atoms with E-state index in [-0.39, 0.29) is 11.5 Å². The van der Waals surface area contributed by atoms with Gasteiger partial charge in [0.15, 0.2) is 10.9 Å². The van der Waals surface area contributed by atoms with Gasteiger partial charge in [0, 0.05) is 44.2 Å². The van der Waals surface area contributed by atoms with E-state index in [1.165, 1.54) is 11.1 Å². The van der Waals surface area contributed by atoms with Crippen molar-refractivity contribution < 1.29 is 9.53 Å². The first-order chi connectivity index (χ1) is 17.4. The first-order valence-electron chi connectivity index (χ1n) is 12.3. The molecule has 36 heavy (non-hydrogen) atoms. The van der Waals surface area contributed by atoms with E-state index in [1.807, 2.05) is 29.1 Å². The molecule has 2 aromatic heterocycles. The second-order valence-electron chi connectivity index (χ2n) is 9.90. The van der Waals surface area contributed by atoms with Gasteiger partial charge in [0.2, 0.25) is 0 Å². The van der Waals surface area contributed by atoms with E-state index in [1.54, 1.807) is 30.8 Å². The zero-order chi connectivity index (χ0) is 25.0. The normalized spacial score (nSPS) is 20.6. The van der Waals surface area contributed by atoms with Crippen LogP contribution >= 0.6 is 23.4 Å². The number of carbonyl (C=O) groups is 1. The number of anilines is 1. The predicted octanol–water partition coefficient (Wildman–Crippen LogP) is 4.07. The van der Waals surface area contributed by atoms with Gasteiger partial charge in [0.25, 0.3) is 5.91 Å². The smallest absolute Gasteiger partial charge is 0.273 e. The summed E-state index contributed by atoms with van der Waals surface area (Å²) in [6.07, 6.45) is 5.47. The van der Waals surface area contributed by atoms with Gasteiger partial charge < -0.3 is 14.5 Å². The SMILES string of the molecule is CSc1nc2c(c(N3CCCn4nc(C(=O)N(C)C)cc4C3)n1)CO[C@@]1(CCc3c(Cl)cccc31)C2. The molecule has 3 aliphatic rings. The van der Waals surface area contributed by atoms with Crippen molar-refractivity contribution in [2.75, 3.05) is 31.8 Å². The minimum Gasteiger partial charge on any atom is -0.365 e. The van der Waals surface area contributed by atoms with Crippen molar-refractivity contribution in [1.82, 2.24) is 24.6 Å². The van der Waals surface area contributed by atoms with Crippen molar-refractivity contribution in [2.45, 2.75) is 56.1 Å². The highest BCUT2D eigenvalue weighted by Crippen LogP contribution is 2.48. The third-order valence-electron chi connectivity index (χ3n) is 7.51. The Bertz CT molecular complexity index is 1360. The predicted molar refractivity (Wildman–Crippen MR) is 140 cm³/mol. The van der Waals surface area contributed by atoms with Crippen LogP contribution in [0.3, 0.4) is 0 Å². The van der Waals surface area contributed by atoms with Crippen molar-refractivity contribution >= 4 is 35.1 Å². The molecule has 4 heterocycles. The summed E-state index contributed by atoms with van der Waals surface area (Å²) in [6.45, 7) is 2.72. The first-order valence-corrected chi connectivity index (χ1v) is 13.9. The van der Waals surface area contributed by atoms with Gasteiger partial charge >= 0.3 is 0 Å². The maximum Gasteiger partial charge on any atom is 0.273 e. The van der Waals surface area contributed by atoms with Crippen LogP contribution in [0.25, 0.3) is 0 Å². The molecule has 0 unspecified atom stereocenters. The Labute approximate surface area is 220 Å². The Kier molecular flexibility index (Phi) is 5.97. The molecule has 1 aromatic carbocycles. The second-order valence-corrected chi connectivity index (χ2v) is 11.1. The highest BCUT2D eigenvalue weighted by Gasteiger charge is 2.45. The lowest BCUT2D eigenvalue weighted by Crippen LogP contribution is -2.36. The number of hydrogen-bond acceptors (Lipinski definition) is 7. The zero-order valence-corrected chi connectivity index (χ0v) is 22.3. The number of hydrogen-bond donors (Lipinski definition) is 0. The summed E-state index contributed by atoms with van der Waals surface area (Å²) in [5.41, 5.74) is 5.64. The average Bonchev–Trinajstić information content (AvgIpc) is 3.38. The maximum absolute atomic E-state index is 12.5. The van der Waals surface area contributed by atoms with Crippen molar-refractivity contribution in [3.63, 3.8) is 0 Å². The molecule has 0 fully saturated rings. The van der Waals surface area contributed by atoms with Crippen LogP contribution in [0.15, 0.2) is 29.4 Å². The lowest BCUT2D eigenvalue weighted by atomic mass is 9.87. The molecule has 1 aliphatic carbocycles. The summed E-state index contributed by atoms with van der Waals surface area (Å²) < 4.78 is 8.63. The summed E-state index contributed by atoms with van der Waals surface area (Å²) >= 11 is 8.08. The Hall–Kier alpha value is -2.62. The molecule has 0 saturated carbocycles. The van der Waals surface area contributed by atoms with E-state index in [0.29, 0.717) is 25.3 Å². The molecule has 0 N–H and O–H groups in total. The third kappa shape index (κ3) is 3.88. The van der Waals surface area contributed by atoms with Gasteiger partial charge in [-0.1, -0.05) is 35.5 Å². The van der Waals surface area contributed by atoms with Crippen LogP contribution in [0.2, 0.25) is 5.02 Å². The van der Waals surface area contributed by atoms with Crippen LogP contribution in [0.4, 0.5) is 5.82 Å². The summed E-state index contributed by atoms with van der Waals surface area (Å²) in [7, 11) is 3.50. The van der Waals surface area contributed by atoms with Gasteiger partial charge in [-0.2, -0.15) is 5.10 Å². The Morgan fingerprint density at radius 2 is 2.08 bits per heavy atom. The van der Waals surface area contributed by atoms with Crippen molar-refractivity contribution in [3.8, 4) is 0 Å². The van der Waals surface area contributed by atoms with Gasteiger partial charge in [-0.3, -0.25) is 9.48 Å². The van der Waals surface area contributed by atoms with Crippen LogP contribution in [0, 0.1) is 0 Å². The Morgan fingerprint density at radius 3 is 2.89 bits per heavy atom. The summed E-state index contributed by atoms with van der Waals surface area (Å²) in [4.78, 5) is 26.3. The molecule has 0 radical (unpaired) electrons. The molecule has 1 spiro atoms. The van der Waals surface area contributed by atoms with Crippen LogP contribution < -0.4 is 4.90 Å². The van der Waals surface area contributed by atoms with E-state index < -0.39 is 0 Å². The second kappa shape index (κ2) is 9.04. The largest absolute Gasteiger partial charge is 0.365 e. The van der Waals surface area contributed by atoms with Gasteiger partial charge in [0.05, 0.1) is 30.1 Å². The third-order valence-corrected chi connectivity index (χ3v) is 8.41. The molecule has 10 heteroatoms. The Morgan fingerprint density at radius 1 is 1.22 bits per heavy atom. The van der Waals surface area contributed by atoms with Crippen LogP contribution in [-0.2, 0) is 42.9 Å². The fourth-order valence-electron chi connectivity index (χ4n) is 5.69. The van der Waals surface area contributed by atoms with E-state index in [2.05, 4.69) is 16.1 Å². The number of nitrogens with zero attached hydrogens (tertiary/aromatic N) is 6. The molecule has 0 bridgehead atoms. The van der Waals surface area contributed by atoms with E-state index >= 15 is 0 Å². The maximum atomic E-state index is 12.5. The molecular weight excluding hydrogens is 496 g/mol. The lowest BCUT2D eigenvalue weighted by molar-refractivity contribution is -0.0730. The lowest BCUT2D eigenvalue weighted by Gasteiger charge is -2.37. The number of rotatable bonds is 3. The number of aryl methyl sites for hydroxylation is 1. The standard InChI is InChI=1S/C26H29ClN6O2S/c1-31(2)24(34)21-12-16-14-32(10-5-11-33(16)30-21)23-18-15-35-26(13-22(18)28-25(29-23)36-3)9-8-17-19(26)6-4-7-20(17)27/h4,6-7,12H,5,8-11,13-15H2,1-3H3/t26-/m0/s1. The molecule has 1 amide bonds. The minimum absolute atomic E-state index is 0.0816. The van der Waals surface area contributed by atoms with Gasteiger partial charge in [-0.15, -0.1) is 0 Å². The van der Waals surface area contributed by atoms with Gasteiger partial charge in [-0.25, -0.2) is 9.97 Å². The van der Waals surface area contributed by atoms with Gasteiger partial charge in [0.1, 0.15) is 5.82 Å². The number of carbonyl (C=O) groups excluding carboxylic acids is 1. The number of benzene rings is 1. The fourth-order valence-corrected chi connectivity index (χ4v) is 6.33. The van der Waals surface area contributed by atoms with Crippen molar-refractivity contribution in [2.24, 2.45) is 0 Å². The average molecular weight is 525 g/mol. The highest BCUT2D eigenvalue weighted by molar-refractivity contribution is 7.98. The zero-order valence-electron chi connectivity index (χ0n) is 20.8. The Balaban J connectivity index is 1.36. The number of ether oxygens (including phenoxy) is 1. The quantitative estimate of drug-likeness (QED) is 0.377. The van der Waals surface area contributed by atoms with E-state index in [0.717, 1.165) is 65.3 Å². The highest BCUT2D eigenvalue weighted by atomic mass is 35.5. The number of fused-ring (bicyclic) bond motifs is 4. The van der Waals surface area contributed by atoms with E-state index in [4.69, 9.17) is 26.3 Å². The van der Waals surface area contributed by atoms with Crippen LogP contribution in [0.5, 0.6) is 0 Å². The number of amides is 1. The molecule has 6 rings (SSSR count). The monoisotopic (exact) mass is 524 g/mol. The molecule has 3 aromatic rings. The number of thioether (sulfide) groups is 1. The summed E-state index contributed by atoms with van der Waals surface area (Å²) in [5.74, 6) is 0.848. The van der Waals surface area contributed by atoms with Crippen LogP contribution in [-0.4, -0.2) is 57.5 Å². The minimum atomic E-state index is -0.382. The molecule has 2 aliphatic heterocycles. The molecule has 188 valence electrons. The van der Waals surface area contributed by atoms with Gasteiger partial charge in [-0.05, 0) is 48.8 Å². The van der Waals surface area contributed by atoms with Crippen LogP contribution in [0.1, 0.15) is 51.4 Å². The fraction of sp³-hybridized carbons (Fsp3) is 0.462. The van der Waals surface area contributed by atoms with Crippen molar-refractivity contribution in [3.05, 3.63) is 63.1 Å². The number of halogens is 1. The molecule has 1 atom stereocenters. The van der Waals surface area contributed by atoms with E-state index in [9.17, 15) is 4.79 Å². The van der Waals surface area contributed by atoms with Crippen molar-refractivity contribution in [1.29, 1.82) is 0 Å².